The number of nitrogens with one attached hydrogen (secondary N) is 1. The zero-order chi connectivity index (χ0) is 18.3. The highest BCUT2D eigenvalue weighted by molar-refractivity contribution is 7.98. The topological polar surface area (TPSA) is 85.3 Å². The summed E-state index contributed by atoms with van der Waals surface area (Å²) < 4.78 is 5.21. The average Bonchev–Trinajstić information content (AvgIpc) is 3.29. The number of ketones is 1. The van der Waals surface area contributed by atoms with Crippen LogP contribution in [0.4, 0.5) is 10.7 Å². The van der Waals surface area contributed by atoms with E-state index in [-0.39, 0.29) is 23.4 Å². The van der Waals surface area contributed by atoms with Crippen LogP contribution < -0.4 is 11.1 Å². The average molecular weight is 384 g/mol. The molecule has 1 amide bonds. The van der Waals surface area contributed by atoms with Crippen LogP contribution in [0.25, 0.3) is 0 Å². The Labute approximate surface area is 158 Å². The summed E-state index contributed by atoms with van der Waals surface area (Å²) in [5.41, 5.74) is 8.61. The SMILES string of the molecule is CSc1ccc([C@@H]2CC(=O)Nc3sc(C(=O)c4ccco4)c(N)c32)cc1. The Morgan fingerprint density at radius 1 is 1.31 bits per heavy atom. The number of hydrogen-bond donors (Lipinski definition) is 2. The molecule has 4 rings (SSSR count). The van der Waals surface area contributed by atoms with E-state index in [1.807, 2.05) is 30.5 Å². The Morgan fingerprint density at radius 2 is 2.08 bits per heavy atom. The predicted octanol–water partition coefficient (Wildman–Crippen LogP) is 4.35. The molecule has 3 N–H and O–H groups in total. The summed E-state index contributed by atoms with van der Waals surface area (Å²) in [7, 11) is 0. The first-order chi connectivity index (χ1) is 12.6. The molecule has 0 fully saturated rings. The molecule has 3 aromatic rings. The quantitative estimate of drug-likeness (QED) is 0.516. The van der Waals surface area contributed by atoms with Crippen molar-refractivity contribution in [2.75, 3.05) is 17.3 Å². The van der Waals surface area contributed by atoms with Crippen molar-refractivity contribution in [1.82, 2.24) is 0 Å². The smallest absolute Gasteiger partial charge is 0.240 e. The molecule has 0 unspecified atom stereocenters. The molecule has 1 aromatic carbocycles. The summed E-state index contributed by atoms with van der Waals surface area (Å²) in [6.45, 7) is 0. The lowest BCUT2D eigenvalue weighted by Gasteiger charge is -2.24. The lowest BCUT2D eigenvalue weighted by Crippen LogP contribution is -2.22. The van der Waals surface area contributed by atoms with E-state index in [2.05, 4.69) is 5.32 Å². The van der Waals surface area contributed by atoms with Gasteiger partial charge in [-0.1, -0.05) is 12.1 Å². The summed E-state index contributed by atoms with van der Waals surface area (Å²) in [6, 6.07) is 11.4. The van der Waals surface area contributed by atoms with Crippen LogP contribution in [-0.2, 0) is 4.79 Å². The van der Waals surface area contributed by atoms with Gasteiger partial charge in [0.05, 0.1) is 12.0 Å². The summed E-state index contributed by atoms with van der Waals surface area (Å²) in [5.74, 6) is -0.265. The standard InChI is InChI=1S/C19H16N2O3S2/c1-25-11-6-4-10(5-7-11)12-9-14(22)21-19-15(12)16(20)18(26-19)17(23)13-3-2-8-24-13/h2-8,12H,9,20H2,1H3,(H,21,22)/t12-/m0/s1. The maximum absolute atomic E-state index is 12.7. The monoisotopic (exact) mass is 384 g/mol. The second-order valence-corrected chi connectivity index (χ2v) is 7.87. The van der Waals surface area contributed by atoms with Crippen molar-refractivity contribution >= 4 is 45.5 Å². The van der Waals surface area contributed by atoms with Gasteiger partial charge in [-0.3, -0.25) is 9.59 Å². The number of rotatable bonds is 4. The number of nitrogens with two attached hydrogens (primary N) is 1. The fourth-order valence-corrected chi connectivity index (χ4v) is 4.72. The number of thiophene rings is 1. The second kappa shape index (κ2) is 6.66. The van der Waals surface area contributed by atoms with Crippen LogP contribution in [0.15, 0.2) is 52.0 Å². The normalized spacial score (nSPS) is 16.2. The number of benzene rings is 1. The molecule has 0 spiro atoms. The van der Waals surface area contributed by atoms with Crippen molar-refractivity contribution in [1.29, 1.82) is 0 Å². The van der Waals surface area contributed by atoms with Gasteiger partial charge in [-0.15, -0.1) is 23.1 Å². The third-order valence-corrected chi connectivity index (χ3v) is 6.32. The third kappa shape index (κ3) is 2.83. The van der Waals surface area contributed by atoms with E-state index in [1.165, 1.54) is 17.6 Å². The zero-order valence-electron chi connectivity index (χ0n) is 13.9. The largest absolute Gasteiger partial charge is 0.461 e. The van der Waals surface area contributed by atoms with Crippen molar-refractivity contribution in [3.63, 3.8) is 0 Å². The number of thioether (sulfide) groups is 1. The molecule has 0 saturated carbocycles. The van der Waals surface area contributed by atoms with Crippen molar-refractivity contribution in [2.45, 2.75) is 17.2 Å². The Hall–Kier alpha value is -2.51. The molecule has 0 radical (unpaired) electrons. The Kier molecular flexibility index (Phi) is 4.34. The second-order valence-electron chi connectivity index (χ2n) is 5.97. The van der Waals surface area contributed by atoms with Gasteiger partial charge in [0.15, 0.2) is 5.76 Å². The van der Waals surface area contributed by atoms with Crippen molar-refractivity contribution in [2.24, 2.45) is 0 Å². The fourth-order valence-electron chi connectivity index (χ4n) is 3.17. The molecule has 0 aliphatic carbocycles. The number of fused-ring (bicyclic) bond motifs is 1. The van der Waals surface area contributed by atoms with Crippen molar-refractivity contribution in [3.8, 4) is 0 Å². The molecule has 0 saturated heterocycles. The first-order valence-electron chi connectivity index (χ1n) is 8.02. The number of carbonyl (C=O) groups is 2. The molecule has 2 aromatic heterocycles. The van der Waals surface area contributed by atoms with Crippen LogP contribution in [0.3, 0.4) is 0 Å². The van der Waals surface area contributed by atoms with E-state index in [9.17, 15) is 9.59 Å². The number of anilines is 2. The van der Waals surface area contributed by atoms with Gasteiger partial charge in [0.25, 0.3) is 0 Å². The Bertz CT molecular complexity index is 975. The van der Waals surface area contributed by atoms with Crippen LogP contribution in [0.2, 0.25) is 0 Å². The molecular formula is C19H16N2O3S2. The summed E-state index contributed by atoms with van der Waals surface area (Å²) in [4.78, 5) is 26.4. The summed E-state index contributed by atoms with van der Waals surface area (Å²) >= 11 is 2.87. The molecule has 132 valence electrons. The molecule has 1 aliphatic rings. The first kappa shape index (κ1) is 16.9. The minimum atomic E-state index is -0.266. The highest BCUT2D eigenvalue weighted by atomic mass is 32.2. The molecule has 3 heterocycles. The highest BCUT2D eigenvalue weighted by Crippen LogP contribution is 2.47. The molecule has 0 bridgehead atoms. The van der Waals surface area contributed by atoms with Gasteiger partial charge < -0.3 is 15.5 Å². The van der Waals surface area contributed by atoms with E-state index < -0.39 is 0 Å². The highest BCUT2D eigenvalue weighted by Gasteiger charge is 2.34. The van der Waals surface area contributed by atoms with Gasteiger partial charge in [-0.25, -0.2) is 0 Å². The van der Waals surface area contributed by atoms with E-state index in [0.29, 0.717) is 22.0 Å². The molecular weight excluding hydrogens is 368 g/mol. The van der Waals surface area contributed by atoms with E-state index >= 15 is 0 Å². The lowest BCUT2D eigenvalue weighted by molar-refractivity contribution is -0.116. The van der Waals surface area contributed by atoms with Crippen LogP contribution in [-0.4, -0.2) is 17.9 Å². The minimum absolute atomic E-state index is 0.0744. The molecule has 1 aliphatic heterocycles. The number of hydrogen-bond acceptors (Lipinski definition) is 6. The number of carbonyl (C=O) groups excluding carboxylic acids is 2. The Balaban J connectivity index is 1.79. The van der Waals surface area contributed by atoms with Crippen molar-refractivity contribution < 1.29 is 14.0 Å². The minimum Gasteiger partial charge on any atom is -0.461 e. The number of furan rings is 1. The van der Waals surface area contributed by atoms with Gasteiger partial charge in [0.2, 0.25) is 11.7 Å². The fraction of sp³-hybridized carbons (Fsp3) is 0.158. The van der Waals surface area contributed by atoms with Gasteiger partial charge in [-0.05, 0) is 36.1 Å². The van der Waals surface area contributed by atoms with Gasteiger partial charge in [0.1, 0.15) is 9.88 Å². The Morgan fingerprint density at radius 3 is 2.73 bits per heavy atom. The lowest BCUT2D eigenvalue weighted by atomic mass is 9.86. The molecule has 1 atom stereocenters. The van der Waals surface area contributed by atoms with Gasteiger partial charge in [-0.2, -0.15) is 0 Å². The number of amides is 1. The van der Waals surface area contributed by atoms with E-state index in [4.69, 9.17) is 10.2 Å². The maximum atomic E-state index is 12.7. The predicted molar refractivity (Wildman–Crippen MR) is 104 cm³/mol. The van der Waals surface area contributed by atoms with Crippen LogP contribution >= 0.6 is 23.1 Å². The number of nitrogen functional groups attached to an aromatic ring is 1. The molecule has 7 heteroatoms. The van der Waals surface area contributed by atoms with Gasteiger partial charge >= 0.3 is 0 Å². The summed E-state index contributed by atoms with van der Waals surface area (Å²) in [5, 5.41) is 3.50. The van der Waals surface area contributed by atoms with Gasteiger partial charge in [0, 0.05) is 22.8 Å². The van der Waals surface area contributed by atoms with Crippen LogP contribution in [0.1, 0.15) is 38.9 Å². The van der Waals surface area contributed by atoms with Crippen LogP contribution in [0.5, 0.6) is 0 Å². The van der Waals surface area contributed by atoms with Crippen molar-refractivity contribution in [3.05, 3.63) is 64.4 Å². The zero-order valence-corrected chi connectivity index (χ0v) is 15.6. The molecule has 26 heavy (non-hydrogen) atoms. The first-order valence-corrected chi connectivity index (χ1v) is 10.1. The van der Waals surface area contributed by atoms with Crippen LogP contribution in [0, 0.1) is 0 Å². The summed E-state index contributed by atoms with van der Waals surface area (Å²) in [6.07, 6.45) is 3.78. The van der Waals surface area contributed by atoms with E-state index in [1.54, 1.807) is 23.9 Å². The maximum Gasteiger partial charge on any atom is 0.240 e. The van der Waals surface area contributed by atoms with E-state index in [0.717, 1.165) is 16.0 Å². The molecule has 5 nitrogen and oxygen atoms in total. The third-order valence-electron chi connectivity index (χ3n) is 4.44.